The first-order valence-corrected chi connectivity index (χ1v) is 6.62. The van der Waals surface area contributed by atoms with Gasteiger partial charge in [0.2, 0.25) is 0 Å². The minimum atomic E-state index is 0.161. The van der Waals surface area contributed by atoms with E-state index < -0.39 is 0 Å². The average molecular weight is 282 g/mol. The van der Waals surface area contributed by atoms with Gasteiger partial charge in [0.1, 0.15) is 0 Å². The smallest absolute Gasteiger partial charge is 0.254 e. The van der Waals surface area contributed by atoms with Gasteiger partial charge in [0, 0.05) is 17.6 Å². The van der Waals surface area contributed by atoms with Crippen LogP contribution in [-0.4, -0.2) is 23.9 Å². The van der Waals surface area contributed by atoms with Crippen LogP contribution in [0.2, 0.25) is 0 Å². The Hall–Kier alpha value is -0.830. The van der Waals surface area contributed by atoms with Gasteiger partial charge in [-0.2, -0.15) is 0 Å². The molecule has 0 spiro atoms. The summed E-state index contributed by atoms with van der Waals surface area (Å²) >= 11 is 3.44. The van der Waals surface area contributed by atoms with Crippen LogP contribution in [0.25, 0.3) is 0 Å². The van der Waals surface area contributed by atoms with E-state index in [1.54, 1.807) is 0 Å². The quantitative estimate of drug-likeness (QED) is 0.772. The lowest BCUT2D eigenvalue weighted by Gasteiger charge is -2.20. The molecule has 16 heavy (non-hydrogen) atoms. The molecule has 0 saturated carbocycles. The lowest BCUT2D eigenvalue weighted by atomic mass is 10.2. The van der Waals surface area contributed by atoms with Crippen molar-refractivity contribution in [3.63, 3.8) is 0 Å². The second-order valence-corrected chi connectivity index (χ2v) is 5.04. The Balaban J connectivity index is 2.14. The van der Waals surface area contributed by atoms with Gasteiger partial charge in [-0.1, -0.05) is 25.0 Å². The van der Waals surface area contributed by atoms with E-state index in [-0.39, 0.29) is 5.91 Å². The van der Waals surface area contributed by atoms with E-state index in [9.17, 15) is 4.79 Å². The van der Waals surface area contributed by atoms with E-state index in [1.165, 1.54) is 12.8 Å². The number of likely N-dealkylation sites (tertiary alicyclic amines) is 1. The molecule has 0 unspecified atom stereocenters. The van der Waals surface area contributed by atoms with Crippen LogP contribution < -0.4 is 0 Å². The lowest BCUT2D eigenvalue weighted by Crippen LogP contribution is -2.32. The molecule has 1 saturated heterocycles. The number of carbonyl (C=O) groups is 1. The highest BCUT2D eigenvalue weighted by molar-refractivity contribution is 9.10. The van der Waals surface area contributed by atoms with Gasteiger partial charge < -0.3 is 4.90 Å². The minimum Gasteiger partial charge on any atom is -0.339 e. The molecule has 0 atom stereocenters. The number of hydrogen-bond acceptors (Lipinski definition) is 1. The standard InChI is InChI=1S/C13H16BrNO/c14-12-8-4-3-7-11(12)13(16)15-9-5-1-2-6-10-15/h3-4,7-8H,1-2,5-6,9-10H2. The van der Waals surface area contributed by atoms with Gasteiger partial charge >= 0.3 is 0 Å². The number of nitrogens with zero attached hydrogens (tertiary/aromatic N) is 1. The summed E-state index contributed by atoms with van der Waals surface area (Å²) in [6.07, 6.45) is 4.77. The summed E-state index contributed by atoms with van der Waals surface area (Å²) in [4.78, 5) is 14.2. The molecule has 0 aliphatic carbocycles. The van der Waals surface area contributed by atoms with Gasteiger partial charge in [-0.15, -0.1) is 0 Å². The molecule has 1 aliphatic rings. The first-order chi connectivity index (χ1) is 7.79. The number of rotatable bonds is 1. The summed E-state index contributed by atoms with van der Waals surface area (Å²) in [5, 5.41) is 0. The fourth-order valence-electron chi connectivity index (χ4n) is 2.08. The van der Waals surface area contributed by atoms with Gasteiger partial charge in [0.05, 0.1) is 5.56 Å². The van der Waals surface area contributed by atoms with Gasteiger partial charge in [-0.25, -0.2) is 0 Å². The monoisotopic (exact) mass is 281 g/mol. The van der Waals surface area contributed by atoms with Crippen LogP contribution in [0.1, 0.15) is 36.0 Å². The summed E-state index contributed by atoms with van der Waals surface area (Å²) in [6, 6.07) is 7.65. The van der Waals surface area contributed by atoms with Crippen LogP contribution in [0.4, 0.5) is 0 Å². The molecule has 3 heteroatoms. The third-order valence-corrected chi connectivity index (χ3v) is 3.69. The Morgan fingerprint density at radius 2 is 1.69 bits per heavy atom. The summed E-state index contributed by atoms with van der Waals surface area (Å²) in [7, 11) is 0. The van der Waals surface area contributed by atoms with Gasteiger partial charge in [0.25, 0.3) is 5.91 Å². The van der Waals surface area contributed by atoms with Crippen molar-refractivity contribution in [2.45, 2.75) is 25.7 Å². The minimum absolute atomic E-state index is 0.161. The van der Waals surface area contributed by atoms with Crippen molar-refractivity contribution in [3.8, 4) is 0 Å². The zero-order valence-corrected chi connectivity index (χ0v) is 10.9. The molecule has 0 bridgehead atoms. The number of hydrogen-bond donors (Lipinski definition) is 0. The topological polar surface area (TPSA) is 20.3 Å². The molecule has 0 aromatic heterocycles. The van der Waals surface area contributed by atoms with Crippen LogP contribution >= 0.6 is 15.9 Å². The summed E-state index contributed by atoms with van der Waals surface area (Å²) < 4.78 is 0.893. The van der Waals surface area contributed by atoms with Gasteiger partial charge in [-0.3, -0.25) is 4.79 Å². The van der Waals surface area contributed by atoms with Crippen LogP contribution in [0.15, 0.2) is 28.7 Å². The fraction of sp³-hybridized carbons (Fsp3) is 0.462. The maximum absolute atomic E-state index is 12.3. The number of amides is 1. The summed E-state index contributed by atoms with van der Waals surface area (Å²) in [6.45, 7) is 1.81. The first kappa shape index (κ1) is 11.6. The van der Waals surface area contributed by atoms with E-state index in [0.29, 0.717) is 0 Å². The normalized spacial score (nSPS) is 16.9. The van der Waals surface area contributed by atoms with Crippen molar-refractivity contribution in [1.29, 1.82) is 0 Å². The van der Waals surface area contributed by atoms with Crippen molar-refractivity contribution in [2.75, 3.05) is 13.1 Å². The van der Waals surface area contributed by atoms with Crippen LogP contribution in [0.5, 0.6) is 0 Å². The fourth-order valence-corrected chi connectivity index (χ4v) is 2.53. The predicted octanol–water partition coefficient (Wildman–Crippen LogP) is 3.47. The van der Waals surface area contributed by atoms with E-state index in [2.05, 4.69) is 15.9 Å². The van der Waals surface area contributed by atoms with Crippen LogP contribution in [-0.2, 0) is 0 Å². The van der Waals surface area contributed by atoms with E-state index in [4.69, 9.17) is 0 Å². The second-order valence-electron chi connectivity index (χ2n) is 4.19. The molecule has 1 heterocycles. The van der Waals surface area contributed by atoms with E-state index >= 15 is 0 Å². The van der Waals surface area contributed by atoms with E-state index in [0.717, 1.165) is 36.0 Å². The molecule has 1 aromatic rings. The van der Waals surface area contributed by atoms with Crippen LogP contribution in [0.3, 0.4) is 0 Å². The first-order valence-electron chi connectivity index (χ1n) is 5.83. The Morgan fingerprint density at radius 1 is 1.06 bits per heavy atom. The number of halogens is 1. The van der Waals surface area contributed by atoms with Crippen molar-refractivity contribution in [1.82, 2.24) is 4.90 Å². The zero-order chi connectivity index (χ0) is 11.4. The molecule has 2 rings (SSSR count). The SMILES string of the molecule is O=C(c1ccccc1Br)N1CCCCCC1. The van der Waals surface area contributed by atoms with Crippen molar-refractivity contribution in [3.05, 3.63) is 34.3 Å². The largest absolute Gasteiger partial charge is 0.339 e. The number of benzene rings is 1. The highest BCUT2D eigenvalue weighted by atomic mass is 79.9. The Kier molecular flexibility index (Phi) is 3.99. The Labute approximate surface area is 105 Å². The molecule has 1 amide bonds. The molecular formula is C13H16BrNO. The zero-order valence-electron chi connectivity index (χ0n) is 9.29. The molecule has 0 radical (unpaired) electrons. The second kappa shape index (κ2) is 5.48. The molecule has 86 valence electrons. The van der Waals surface area contributed by atoms with Crippen molar-refractivity contribution < 1.29 is 4.79 Å². The predicted molar refractivity (Wildman–Crippen MR) is 68.5 cm³/mol. The van der Waals surface area contributed by atoms with E-state index in [1.807, 2.05) is 29.2 Å². The third-order valence-electron chi connectivity index (χ3n) is 3.00. The average Bonchev–Trinajstić information content (AvgIpc) is 2.57. The maximum atomic E-state index is 12.3. The Morgan fingerprint density at radius 3 is 2.31 bits per heavy atom. The maximum Gasteiger partial charge on any atom is 0.254 e. The lowest BCUT2D eigenvalue weighted by molar-refractivity contribution is 0.0761. The third kappa shape index (κ3) is 2.64. The van der Waals surface area contributed by atoms with Gasteiger partial charge in [-0.05, 0) is 40.9 Å². The molecule has 1 fully saturated rings. The highest BCUT2D eigenvalue weighted by Crippen LogP contribution is 2.19. The number of carbonyl (C=O) groups excluding carboxylic acids is 1. The van der Waals surface area contributed by atoms with Crippen molar-refractivity contribution >= 4 is 21.8 Å². The summed E-state index contributed by atoms with van der Waals surface area (Å²) in [5.74, 6) is 0.161. The summed E-state index contributed by atoms with van der Waals surface area (Å²) in [5.41, 5.74) is 0.782. The molecular weight excluding hydrogens is 266 g/mol. The Bertz CT molecular complexity index is 370. The molecule has 2 nitrogen and oxygen atoms in total. The molecule has 1 aliphatic heterocycles. The van der Waals surface area contributed by atoms with Gasteiger partial charge in [0.15, 0.2) is 0 Å². The molecule has 0 N–H and O–H groups in total. The highest BCUT2D eigenvalue weighted by Gasteiger charge is 2.18. The van der Waals surface area contributed by atoms with Crippen molar-refractivity contribution in [2.24, 2.45) is 0 Å². The molecule has 1 aromatic carbocycles. The van der Waals surface area contributed by atoms with Crippen LogP contribution in [0, 0.1) is 0 Å².